The molecule has 23 heavy (non-hydrogen) atoms. The quantitative estimate of drug-likeness (QED) is 0.692. The summed E-state index contributed by atoms with van der Waals surface area (Å²) < 4.78 is 0. The van der Waals surface area contributed by atoms with Gasteiger partial charge in [0.15, 0.2) is 0 Å². The fourth-order valence-electron chi connectivity index (χ4n) is 2.39. The highest BCUT2D eigenvalue weighted by Crippen LogP contribution is 2.15. The first kappa shape index (κ1) is 15.0. The van der Waals surface area contributed by atoms with Crippen LogP contribution in [0.4, 0.5) is 4.79 Å². The van der Waals surface area contributed by atoms with Gasteiger partial charge in [-0.3, -0.25) is 4.98 Å². The monoisotopic (exact) mass is 309 g/mol. The number of aromatic amines is 1. The number of hydrogen-bond acceptors (Lipinski definition) is 3. The third-order valence-electron chi connectivity index (χ3n) is 3.64. The van der Waals surface area contributed by atoms with Gasteiger partial charge in [0, 0.05) is 6.20 Å². The first-order chi connectivity index (χ1) is 11.1. The first-order valence-electron chi connectivity index (χ1n) is 7.56. The second-order valence-corrected chi connectivity index (χ2v) is 5.45. The molecule has 0 bridgehead atoms. The number of carbonyl (C=O) groups excluding carboxylic acids is 1. The van der Waals surface area contributed by atoms with E-state index in [0.29, 0.717) is 0 Å². The number of pyridine rings is 1. The number of nitrogens with one attached hydrogen (secondary N) is 3. The molecule has 0 fully saturated rings. The minimum absolute atomic E-state index is 0.168. The van der Waals surface area contributed by atoms with Crippen molar-refractivity contribution in [3.63, 3.8) is 0 Å². The Labute approximate surface area is 134 Å². The average Bonchev–Trinajstić information content (AvgIpc) is 2.99. The van der Waals surface area contributed by atoms with Crippen LogP contribution >= 0.6 is 0 Å². The normalized spacial score (nSPS) is 13.5. The molecule has 0 saturated carbocycles. The van der Waals surface area contributed by atoms with E-state index < -0.39 is 0 Å². The van der Waals surface area contributed by atoms with Crippen LogP contribution in [0, 0.1) is 0 Å². The van der Waals surface area contributed by atoms with E-state index in [4.69, 9.17) is 0 Å². The average molecular weight is 309 g/mol. The summed E-state index contributed by atoms with van der Waals surface area (Å²) in [6.07, 6.45) is 1.71. The van der Waals surface area contributed by atoms with E-state index in [9.17, 15) is 4.79 Å². The van der Waals surface area contributed by atoms with Crippen molar-refractivity contribution < 1.29 is 4.79 Å². The maximum Gasteiger partial charge on any atom is 0.315 e. The van der Waals surface area contributed by atoms with Gasteiger partial charge in [0.1, 0.15) is 5.82 Å². The van der Waals surface area contributed by atoms with E-state index in [0.717, 1.165) is 22.6 Å². The van der Waals surface area contributed by atoms with Crippen LogP contribution < -0.4 is 10.6 Å². The molecule has 6 heteroatoms. The van der Waals surface area contributed by atoms with Gasteiger partial charge in [-0.2, -0.15) is 0 Å². The Balaban J connectivity index is 1.63. The zero-order valence-electron chi connectivity index (χ0n) is 13.1. The van der Waals surface area contributed by atoms with E-state index in [1.165, 1.54) is 0 Å². The van der Waals surface area contributed by atoms with Crippen molar-refractivity contribution in [1.82, 2.24) is 25.6 Å². The van der Waals surface area contributed by atoms with Crippen molar-refractivity contribution in [3.8, 4) is 0 Å². The lowest BCUT2D eigenvalue weighted by molar-refractivity contribution is 0.234. The molecule has 2 heterocycles. The fourth-order valence-corrected chi connectivity index (χ4v) is 2.39. The molecule has 1 aromatic carbocycles. The Morgan fingerprint density at radius 3 is 2.52 bits per heavy atom. The topological polar surface area (TPSA) is 82.7 Å². The van der Waals surface area contributed by atoms with Gasteiger partial charge in [0.25, 0.3) is 0 Å². The van der Waals surface area contributed by atoms with Crippen LogP contribution in [0.2, 0.25) is 0 Å². The number of carbonyl (C=O) groups is 1. The van der Waals surface area contributed by atoms with Gasteiger partial charge in [-0.05, 0) is 38.1 Å². The lowest BCUT2D eigenvalue weighted by atomic mass is 10.2. The summed E-state index contributed by atoms with van der Waals surface area (Å²) in [5, 5.41) is 5.76. The number of rotatable bonds is 4. The second kappa shape index (κ2) is 6.48. The largest absolute Gasteiger partial charge is 0.340 e. The lowest BCUT2D eigenvalue weighted by Gasteiger charge is -2.16. The molecule has 3 aromatic rings. The summed E-state index contributed by atoms with van der Waals surface area (Å²) in [6.45, 7) is 3.79. The Morgan fingerprint density at radius 1 is 1.04 bits per heavy atom. The number of urea groups is 1. The maximum absolute atomic E-state index is 12.1. The van der Waals surface area contributed by atoms with Crippen LogP contribution in [0.15, 0.2) is 48.7 Å². The highest BCUT2D eigenvalue weighted by atomic mass is 16.2. The van der Waals surface area contributed by atoms with E-state index in [2.05, 4.69) is 25.6 Å². The molecule has 0 spiro atoms. The highest BCUT2D eigenvalue weighted by Gasteiger charge is 2.15. The molecule has 0 radical (unpaired) electrons. The summed E-state index contributed by atoms with van der Waals surface area (Å²) in [7, 11) is 0. The van der Waals surface area contributed by atoms with Crippen molar-refractivity contribution in [2.24, 2.45) is 0 Å². The van der Waals surface area contributed by atoms with Gasteiger partial charge >= 0.3 is 6.03 Å². The fraction of sp³-hybridized carbons (Fsp3) is 0.235. The summed E-state index contributed by atoms with van der Waals surface area (Å²) in [4.78, 5) is 24.1. The van der Waals surface area contributed by atoms with Crippen molar-refractivity contribution in [2.75, 3.05) is 0 Å². The van der Waals surface area contributed by atoms with Crippen LogP contribution in [0.5, 0.6) is 0 Å². The van der Waals surface area contributed by atoms with Gasteiger partial charge in [0.2, 0.25) is 0 Å². The molecule has 0 aliphatic heterocycles. The SMILES string of the molecule is C[C@H](NC(=O)N[C@H](C)c1ccccn1)c1nc2ccccc2[nH]1. The maximum atomic E-state index is 12.1. The van der Waals surface area contributed by atoms with Crippen LogP contribution in [0.3, 0.4) is 0 Å². The molecule has 0 unspecified atom stereocenters. The predicted molar refractivity (Wildman–Crippen MR) is 88.8 cm³/mol. The number of amides is 2. The summed E-state index contributed by atoms with van der Waals surface area (Å²) >= 11 is 0. The highest BCUT2D eigenvalue weighted by molar-refractivity contribution is 5.76. The van der Waals surface area contributed by atoms with Crippen LogP contribution in [-0.2, 0) is 0 Å². The van der Waals surface area contributed by atoms with Gasteiger partial charge < -0.3 is 15.6 Å². The molecule has 118 valence electrons. The van der Waals surface area contributed by atoms with Crippen molar-refractivity contribution in [3.05, 3.63) is 60.2 Å². The lowest BCUT2D eigenvalue weighted by Crippen LogP contribution is -2.38. The van der Waals surface area contributed by atoms with Gasteiger partial charge in [-0.1, -0.05) is 18.2 Å². The molecule has 0 saturated heterocycles. The molecule has 0 aliphatic carbocycles. The molecule has 2 amide bonds. The van der Waals surface area contributed by atoms with Crippen LogP contribution in [-0.4, -0.2) is 21.0 Å². The summed E-state index contributed by atoms with van der Waals surface area (Å²) in [5.74, 6) is 0.729. The van der Waals surface area contributed by atoms with Crippen molar-refractivity contribution in [1.29, 1.82) is 0 Å². The van der Waals surface area contributed by atoms with Crippen LogP contribution in [0.1, 0.15) is 37.4 Å². The zero-order chi connectivity index (χ0) is 16.2. The van der Waals surface area contributed by atoms with Gasteiger partial charge in [-0.25, -0.2) is 9.78 Å². The van der Waals surface area contributed by atoms with Crippen molar-refractivity contribution in [2.45, 2.75) is 25.9 Å². The standard InChI is InChI=1S/C17H19N5O/c1-11(13-7-5-6-10-18-13)19-17(23)20-12(2)16-21-14-8-3-4-9-15(14)22-16/h3-12H,1-2H3,(H,21,22)(H2,19,20,23)/t11-,12+/m1/s1. The zero-order valence-corrected chi connectivity index (χ0v) is 13.1. The second-order valence-electron chi connectivity index (χ2n) is 5.45. The van der Waals surface area contributed by atoms with E-state index in [-0.39, 0.29) is 18.1 Å². The molecule has 2 aromatic heterocycles. The molecule has 6 nitrogen and oxygen atoms in total. The predicted octanol–water partition coefficient (Wildman–Crippen LogP) is 3.08. The Hall–Kier alpha value is -2.89. The number of para-hydroxylation sites is 2. The van der Waals surface area contributed by atoms with Crippen molar-refractivity contribution >= 4 is 17.1 Å². The summed E-state index contributed by atoms with van der Waals surface area (Å²) in [5.41, 5.74) is 2.66. The molecule has 3 N–H and O–H groups in total. The molecule has 2 atom stereocenters. The van der Waals surface area contributed by atoms with Crippen LogP contribution in [0.25, 0.3) is 11.0 Å². The minimum Gasteiger partial charge on any atom is -0.340 e. The van der Waals surface area contributed by atoms with E-state index >= 15 is 0 Å². The smallest absolute Gasteiger partial charge is 0.315 e. The van der Waals surface area contributed by atoms with E-state index in [1.54, 1.807) is 6.20 Å². The first-order valence-corrected chi connectivity index (χ1v) is 7.56. The third kappa shape index (κ3) is 3.48. The number of fused-ring (bicyclic) bond motifs is 1. The number of nitrogens with zero attached hydrogens (tertiary/aromatic N) is 2. The Kier molecular flexibility index (Phi) is 4.23. The molecule has 0 aliphatic rings. The van der Waals surface area contributed by atoms with E-state index in [1.807, 2.05) is 56.3 Å². The number of imidazole rings is 1. The molecule has 3 rings (SSSR count). The minimum atomic E-state index is -0.254. The molecular weight excluding hydrogens is 290 g/mol. The number of aromatic nitrogens is 3. The number of hydrogen-bond donors (Lipinski definition) is 3. The number of benzene rings is 1. The Bertz CT molecular complexity index is 766. The number of H-pyrrole nitrogens is 1. The summed E-state index contributed by atoms with van der Waals surface area (Å²) in [6, 6.07) is 12.8. The molecular formula is C17H19N5O. The Morgan fingerprint density at radius 2 is 1.78 bits per heavy atom. The van der Waals surface area contributed by atoms with Gasteiger partial charge in [0.05, 0.1) is 28.8 Å². The third-order valence-corrected chi connectivity index (χ3v) is 3.64. The van der Waals surface area contributed by atoms with Gasteiger partial charge in [-0.15, -0.1) is 0 Å².